The summed E-state index contributed by atoms with van der Waals surface area (Å²) in [7, 11) is 1.65. The molecule has 0 aliphatic rings. The molecule has 15 heavy (non-hydrogen) atoms. The van der Waals surface area contributed by atoms with Crippen LogP contribution >= 0.6 is 23.2 Å². The van der Waals surface area contributed by atoms with Crippen LogP contribution in [0.1, 0.15) is 0 Å². The SMILES string of the molecule is Cn1[nH]c(-c2ccc(Cl)cc2Cl)cc1=O. The van der Waals surface area contributed by atoms with E-state index in [-0.39, 0.29) is 5.56 Å². The first kappa shape index (κ1) is 10.3. The van der Waals surface area contributed by atoms with Crippen LogP contribution in [0, 0.1) is 0 Å². The third kappa shape index (κ3) is 1.94. The maximum atomic E-state index is 11.3. The van der Waals surface area contributed by atoms with E-state index in [4.69, 9.17) is 23.2 Å². The maximum Gasteiger partial charge on any atom is 0.266 e. The molecule has 0 spiro atoms. The highest BCUT2D eigenvalue weighted by Gasteiger charge is 2.07. The highest BCUT2D eigenvalue weighted by atomic mass is 35.5. The lowest BCUT2D eigenvalue weighted by atomic mass is 10.1. The number of nitrogens with one attached hydrogen (secondary N) is 1. The number of nitrogens with zero attached hydrogens (tertiary/aromatic N) is 1. The van der Waals surface area contributed by atoms with E-state index in [1.807, 2.05) is 0 Å². The van der Waals surface area contributed by atoms with Crippen LogP contribution in [-0.4, -0.2) is 9.78 Å². The first-order valence-corrected chi connectivity index (χ1v) is 5.05. The second-order valence-electron chi connectivity index (χ2n) is 3.19. The van der Waals surface area contributed by atoms with Gasteiger partial charge in [-0.05, 0) is 18.2 Å². The lowest BCUT2D eigenvalue weighted by Crippen LogP contribution is -2.09. The minimum absolute atomic E-state index is 0.101. The van der Waals surface area contributed by atoms with Crippen molar-refractivity contribution in [2.75, 3.05) is 0 Å². The molecule has 78 valence electrons. The minimum Gasteiger partial charge on any atom is -0.295 e. The molecular weight excluding hydrogens is 235 g/mol. The largest absolute Gasteiger partial charge is 0.295 e. The van der Waals surface area contributed by atoms with Gasteiger partial charge in [-0.15, -0.1) is 0 Å². The summed E-state index contributed by atoms with van der Waals surface area (Å²) in [6, 6.07) is 6.64. The molecule has 5 heteroatoms. The van der Waals surface area contributed by atoms with Crippen molar-refractivity contribution in [1.82, 2.24) is 9.78 Å². The second kappa shape index (κ2) is 3.76. The van der Waals surface area contributed by atoms with Crippen LogP contribution in [0.15, 0.2) is 29.1 Å². The summed E-state index contributed by atoms with van der Waals surface area (Å²) in [5.74, 6) is 0. The minimum atomic E-state index is -0.101. The molecule has 3 nitrogen and oxygen atoms in total. The fourth-order valence-corrected chi connectivity index (χ4v) is 1.84. The highest BCUT2D eigenvalue weighted by Crippen LogP contribution is 2.28. The maximum absolute atomic E-state index is 11.3. The number of H-pyrrole nitrogens is 1. The summed E-state index contributed by atoms with van der Waals surface area (Å²) < 4.78 is 1.39. The van der Waals surface area contributed by atoms with Gasteiger partial charge in [0, 0.05) is 23.7 Å². The molecule has 0 saturated heterocycles. The first-order valence-electron chi connectivity index (χ1n) is 4.29. The predicted octanol–water partition coefficient (Wildman–Crippen LogP) is 2.69. The smallest absolute Gasteiger partial charge is 0.266 e. The highest BCUT2D eigenvalue weighted by molar-refractivity contribution is 6.36. The van der Waals surface area contributed by atoms with Crippen LogP contribution in [-0.2, 0) is 7.05 Å². The van der Waals surface area contributed by atoms with Gasteiger partial charge >= 0.3 is 0 Å². The van der Waals surface area contributed by atoms with Gasteiger partial charge in [-0.2, -0.15) is 0 Å². The Labute approximate surface area is 96.2 Å². The Morgan fingerprint density at radius 3 is 2.53 bits per heavy atom. The van der Waals surface area contributed by atoms with Crippen molar-refractivity contribution in [1.29, 1.82) is 0 Å². The van der Waals surface area contributed by atoms with Crippen molar-refractivity contribution in [2.45, 2.75) is 0 Å². The van der Waals surface area contributed by atoms with E-state index in [9.17, 15) is 4.79 Å². The Bertz CT molecular complexity index is 557. The molecule has 1 N–H and O–H groups in total. The average Bonchev–Trinajstić information content (AvgIpc) is 2.46. The second-order valence-corrected chi connectivity index (χ2v) is 4.03. The summed E-state index contributed by atoms with van der Waals surface area (Å²) >= 11 is 11.8. The zero-order valence-electron chi connectivity index (χ0n) is 7.92. The fourth-order valence-electron chi connectivity index (χ4n) is 1.33. The molecule has 0 amide bonds. The van der Waals surface area contributed by atoms with Gasteiger partial charge in [0.1, 0.15) is 0 Å². The van der Waals surface area contributed by atoms with E-state index in [1.165, 1.54) is 10.7 Å². The molecule has 0 unspecified atom stereocenters. The molecule has 1 aromatic carbocycles. The first-order chi connectivity index (χ1) is 7.08. The van der Waals surface area contributed by atoms with E-state index in [0.717, 1.165) is 5.56 Å². The van der Waals surface area contributed by atoms with Crippen LogP contribution in [0.3, 0.4) is 0 Å². The zero-order valence-corrected chi connectivity index (χ0v) is 9.43. The lowest BCUT2D eigenvalue weighted by Gasteiger charge is -2.01. The molecule has 0 saturated carbocycles. The summed E-state index contributed by atoms with van der Waals surface area (Å²) in [5.41, 5.74) is 1.35. The van der Waals surface area contributed by atoms with Crippen LogP contribution in [0.4, 0.5) is 0 Å². The number of benzene rings is 1. The number of hydrogen-bond donors (Lipinski definition) is 1. The number of hydrogen-bond acceptors (Lipinski definition) is 1. The Morgan fingerprint density at radius 2 is 2.00 bits per heavy atom. The van der Waals surface area contributed by atoms with Gasteiger partial charge in [0.25, 0.3) is 5.56 Å². The van der Waals surface area contributed by atoms with Gasteiger partial charge in [-0.25, -0.2) is 0 Å². The molecule has 2 aromatic rings. The van der Waals surface area contributed by atoms with Crippen LogP contribution in [0.25, 0.3) is 11.3 Å². The number of aromatic nitrogens is 2. The lowest BCUT2D eigenvalue weighted by molar-refractivity contribution is 0.742. The summed E-state index contributed by atoms with van der Waals surface area (Å²) in [4.78, 5) is 11.3. The Hall–Kier alpha value is -1.19. The zero-order chi connectivity index (χ0) is 11.0. The number of aryl methyl sites for hydroxylation is 1. The Morgan fingerprint density at radius 1 is 1.27 bits per heavy atom. The molecule has 1 aromatic heterocycles. The molecule has 0 aliphatic carbocycles. The molecule has 2 rings (SSSR count). The molecular formula is C10H8Cl2N2O. The summed E-state index contributed by atoms with van der Waals surface area (Å²) in [6.45, 7) is 0. The monoisotopic (exact) mass is 242 g/mol. The molecule has 1 heterocycles. The van der Waals surface area contributed by atoms with Gasteiger partial charge in [0.15, 0.2) is 0 Å². The standard InChI is InChI=1S/C10H8Cl2N2O/c1-14-10(15)5-9(13-14)7-3-2-6(11)4-8(7)12/h2-5,13H,1H3. The molecule has 0 fully saturated rings. The van der Waals surface area contributed by atoms with Gasteiger partial charge < -0.3 is 0 Å². The molecule has 0 bridgehead atoms. The topological polar surface area (TPSA) is 37.8 Å². The van der Waals surface area contributed by atoms with Crippen LogP contribution < -0.4 is 5.56 Å². The quantitative estimate of drug-likeness (QED) is 0.821. The summed E-state index contributed by atoms with van der Waals surface area (Å²) in [6.07, 6.45) is 0. The van der Waals surface area contributed by atoms with E-state index < -0.39 is 0 Å². The Kier molecular flexibility index (Phi) is 2.59. The van der Waals surface area contributed by atoms with Crippen molar-refractivity contribution in [2.24, 2.45) is 7.05 Å². The number of halogens is 2. The molecule has 0 atom stereocenters. The Balaban J connectivity index is 2.59. The van der Waals surface area contributed by atoms with Crippen molar-refractivity contribution >= 4 is 23.2 Å². The fraction of sp³-hybridized carbons (Fsp3) is 0.100. The number of rotatable bonds is 1. The van der Waals surface area contributed by atoms with Gasteiger partial charge in [0.2, 0.25) is 0 Å². The third-order valence-corrected chi connectivity index (χ3v) is 2.66. The number of aromatic amines is 1. The molecule has 0 aliphatic heterocycles. The van der Waals surface area contributed by atoms with Crippen molar-refractivity contribution in [3.63, 3.8) is 0 Å². The van der Waals surface area contributed by atoms with Gasteiger partial charge in [0.05, 0.1) is 10.7 Å². The average molecular weight is 243 g/mol. The van der Waals surface area contributed by atoms with E-state index in [0.29, 0.717) is 15.7 Å². The van der Waals surface area contributed by atoms with E-state index in [1.54, 1.807) is 25.2 Å². The van der Waals surface area contributed by atoms with Crippen LogP contribution in [0.2, 0.25) is 10.0 Å². The van der Waals surface area contributed by atoms with Crippen molar-refractivity contribution in [3.8, 4) is 11.3 Å². The molecule has 0 radical (unpaired) electrons. The van der Waals surface area contributed by atoms with E-state index >= 15 is 0 Å². The van der Waals surface area contributed by atoms with Crippen molar-refractivity contribution < 1.29 is 0 Å². The van der Waals surface area contributed by atoms with Gasteiger partial charge in [-0.1, -0.05) is 23.2 Å². The third-order valence-electron chi connectivity index (χ3n) is 2.11. The van der Waals surface area contributed by atoms with Gasteiger partial charge in [-0.3, -0.25) is 14.6 Å². The summed E-state index contributed by atoms with van der Waals surface area (Å²) in [5, 5.41) is 3.99. The van der Waals surface area contributed by atoms with Crippen molar-refractivity contribution in [3.05, 3.63) is 44.7 Å². The normalized spacial score (nSPS) is 10.6. The predicted molar refractivity (Wildman–Crippen MR) is 61.5 cm³/mol. The van der Waals surface area contributed by atoms with E-state index in [2.05, 4.69) is 5.10 Å². The van der Waals surface area contributed by atoms with Crippen LogP contribution in [0.5, 0.6) is 0 Å².